The van der Waals surface area contributed by atoms with Crippen molar-refractivity contribution in [3.63, 3.8) is 0 Å². The normalized spacial score (nSPS) is 11.0. The summed E-state index contributed by atoms with van der Waals surface area (Å²) < 4.78 is 0. The molecule has 112 valence electrons. The van der Waals surface area contributed by atoms with Crippen LogP contribution in [-0.4, -0.2) is 24.5 Å². The lowest BCUT2D eigenvalue weighted by molar-refractivity contribution is 0.275. The van der Waals surface area contributed by atoms with Crippen LogP contribution in [0.3, 0.4) is 0 Å². The molecule has 0 aliphatic carbocycles. The summed E-state index contributed by atoms with van der Waals surface area (Å²) in [6, 6.07) is 21.3. The second kappa shape index (κ2) is 9.32. The largest absolute Gasteiger partial charge is 0.313 e. The molecule has 0 aromatic heterocycles. The Balaban J connectivity index is 1.62. The Kier molecular flexibility index (Phi) is 6.99. The second-order valence-corrected chi connectivity index (χ2v) is 5.37. The van der Waals surface area contributed by atoms with Gasteiger partial charge in [0.1, 0.15) is 0 Å². The van der Waals surface area contributed by atoms with E-state index in [9.17, 15) is 0 Å². The lowest BCUT2D eigenvalue weighted by Crippen LogP contribution is -2.27. The Morgan fingerprint density at radius 2 is 1.48 bits per heavy atom. The van der Waals surface area contributed by atoms with E-state index in [1.165, 1.54) is 17.5 Å². The number of nitrogens with zero attached hydrogens (tertiary/aromatic N) is 1. The van der Waals surface area contributed by atoms with E-state index in [-0.39, 0.29) is 0 Å². The van der Waals surface area contributed by atoms with E-state index in [2.05, 4.69) is 77.8 Å². The maximum absolute atomic E-state index is 3.52. The first-order chi connectivity index (χ1) is 10.4. The number of nitrogens with one attached hydrogen (secondary N) is 1. The summed E-state index contributed by atoms with van der Waals surface area (Å²) in [5.74, 6) is 0. The number of rotatable bonds is 9. The van der Waals surface area contributed by atoms with Crippen LogP contribution in [0.25, 0.3) is 0 Å². The van der Waals surface area contributed by atoms with E-state index in [0.29, 0.717) is 0 Å². The Hall–Kier alpha value is -1.64. The average Bonchev–Trinajstić information content (AvgIpc) is 2.55. The van der Waals surface area contributed by atoms with Gasteiger partial charge in [-0.15, -0.1) is 0 Å². The highest BCUT2D eigenvalue weighted by atomic mass is 15.1. The molecule has 0 saturated heterocycles. The smallest absolute Gasteiger partial charge is 0.0233 e. The fourth-order valence-electron chi connectivity index (χ4n) is 2.45. The highest BCUT2D eigenvalue weighted by molar-refractivity contribution is 5.15. The summed E-state index contributed by atoms with van der Waals surface area (Å²) >= 11 is 0. The Bertz CT molecular complexity index is 481. The molecule has 2 rings (SSSR count). The third kappa shape index (κ3) is 6.11. The van der Waals surface area contributed by atoms with Gasteiger partial charge in [0, 0.05) is 13.1 Å². The minimum absolute atomic E-state index is 0.964. The molecule has 0 atom stereocenters. The zero-order valence-corrected chi connectivity index (χ0v) is 13.0. The Labute approximate surface area is 128 Å². The summed E-state index contributed by atoms with van der Waals surface area (Å²) in [7, 11) is 0. The molecular weight excluding hydrogens is 256 g/mol. The third-order valence-electron chi connectivity index (χ3n) is 3.70. The molecule has 0 unspecified atom stereocenters. The predicted molar refractivity (Wildman–Crippen MR) is 90.2 cm³/mol. The Morgan fingerprint density at radius 3 is 2.10 bits per heavy atom. The van der Waals surface area contributed by atoms with Crippen LogP contribution in [0, 0.1) is 0 Å². The molecular formula is C19H26N2. The van der Waals surface area contributed by atoms with Crippen molar-refractivity contribution >= 4 is 0 Å². The summed E-state index contributed by atoms with van der Waals surface area (Å²) in [4.78, 5) is 2.50. The molecule has 0 saturated carbocycles. The van der Waals surface area contributed by atoms with Crippen molar-refractivity contribution < 1.29 is 0 Å². The monoisotopic (exact) mass is 282 g/mol. The SMILES string of the molecule is CCN(CCCNCc1ccccc1)Cc1ccccc1. The zero-order valence-electron chi connectivity index (χ0n) is 13.0. The van der Waals surface area contributed by atoms with Crippen molar-refractivity contribution in [3.8, 4) is 0 Å². The minimum atomic E-state index is 0.964. The van der Waals surface area contributed by atoms with Crippen molar-refractivity contribution in [1.82, 2.24) is 10.2 Å². The molecule has 1 N–H and O–H groups in total. The molecule has 0 spiro atoms. The molecule has 0 heterocycles. The third-order valence-corrected chi connectivity index (χ3v) is 3.70. The van der Waals surface area contributed by atoms with Gasteiger partial charge in [-0.1, -0.05) is 67.6 Å². The van der Waals surface area contributed by atoms with Gasteiger partial charge in [0.05, 0.1) is 0 Å². The molecule has 0 aliphatic rings. The highest BCUT2D eigenvalue weighted by Crippen LogP contribution is 2.04. The van der Waals surface area contributed by atoms with Crippen LogP contribution in [-0.2, 0) is 13.1 Å². The first kappa shape index (κ1) is 15.7. The number of hydrogen-bond donors (Lipinski definition) is 1. The van der Waals surface area contributed by atoms with E-state index < -0.39 is 0 Å². The quantitative estimate of drug-likeness (QED) is 0.706. The first-order valence-electron chi connectivity index (χ1n) is 7.89. The van der Waals surface area contributed by atoms with Gasteiger partial charge in [-0.25, -0.2) is 0 Å². The van der Waals surface area contributed by atoms with Crippen LogP contribution < -0.4 is 5.32 Å². The van der Waals surface area contributed by atoms with Crippen molar-refractivity contribution in [3.05, 3.63) is 71.8 Å². The maximum Gasteiger partial charge on any atom is 0.0233 e. The summed E-state index contributed by atoms with van der Waals surface area (Å²) in [5.41, 5.74) is 2.76. The molecule has 0 radical (unpaired) electrons. The minimum Gasteiger partial charge on any atom is -0.313 e. The molecule has 0 amide bonds. The predicted octanol–water partition coefficient (Wildman–Crippen LogP) is 3.69. The lowest BCUT2D eigenvalue weighted by atomic mass is 10.2. The zero-order chi connectivity index (χ0) is 14.8. The van der Waals surface area contributed by atoms with Crippen LogP contribution in [0.5, 0.6) is 0 Å². The molecule has 2 aromatic carbocycles. The van der Waals surface area contributed by atoms with Gasteiger partial charge in [-0.2, -0.15) is 0 Å². The molecule has 2 aromatic rings. The van der Waals surface area contributed by atoms with Gasteiger partial charge < -0.3 is 5.32 Å². The van der Waals surface area contributed by atoms with Gasteiger partial charge >= 0.3 is 0 Å². The van der Waals surface area contributed by atoms with Crippen LogP contribution in [0.2, 0.25) is 0 Å². The molecule has 2 nitrogen and oxygen atoms in total. The summed E-state index contributed by atoms with van der Waals surface area (Å²) in [6.07, 6.45) is 1.19. The van der Waals surface area contributed by atoms with Crippen molar-refractivity contribution in [1.29, 1.82) is 0 Å². The van der Waals surface area contributed by atoms with E-state index in [0.717, 1.165) is 32.7 Å². The molecule has 0 bridgehead atoms. The van der Waals surface area contributed by atoms with E-state index in [4.69, 9.17) is 0 Å². The molecule has 0 aliphatic heterocycles. The summed E-state index contributed by atoms with van der Waals surface area (Å²) in [6.45, 7) is 7.57. The maximum atomic E-state index is 3.52. The summed E-state index contributed by atoms with van der Waals surface area (Å²) in [5, 5.41) is 3.52. The van der Waals surface area contributed by atoms with Crippen LogP contribution in [0.15, 0.2) is 60.7 Å². The van der Waals surface area contributed by atoms with Gasteiger partial charge in [-0.3, -0.25) is 4.90 Å². The topological polar surface area (TPSA) is 15.3 Å². The van der Waals surface area contributed by atoms with Crippen LogP contribution in [0.1, 0.15) is 24.5 Å². The van der Waals surface area contributed by atoms with Crippen LogP contribution in [0.4, 0.5) is 0 Å². The average molecular weight is 282 g/mol. The van der Waals surface area contributed by atoms with Crippen LogP contribution >= 0.6 is 0 Å². The van der Waals surface area contributed by atoms with E-state index >= 15 is 0 Å². The number of benzene rings is 2. The van der Waals surface area contributed by atoms with Crippen molar-refractivity contribution in [2.45, 2.75) is 26.4 Å². The number of hydrogen-bond acceptors (Lipinski definition) is 2. The van der Waals surface area contributed by atoms with Crippen molar-refractivity contribution in [2.24, 2.45) is 0 Å². The van der Waals surface area contributed by atoms with Gasteiger partial charge in [0.25, 0.3) is 0 Å². The standard InChI is InChI=1S/C19H26N2/c1-2-21(17-19-12-7-4-8-13-19)15-9-14-20-16-18-10-5-3-6-11-18/h3-8,10-13,20H,2,9,14-17H2,1H3. The molecule has 0 fully saturated rings. The molecule has 21 heavy (non-hydrogen) atoms. The second-order valence-electron chi connectivity index (χ2n) is 5.37. The molecule has 2 heteroatoms. The fraction of sp³-hybridized carbons (Fsp3) is 0.368. The van der Waals surface area contributed by atoms with Gasteiger partial charge in [-0.05, 0) is 37.2 Å². The van der Waals surface area contributed by atoms with E-state index in [1.807, 2.05) is 0 Å². The van der Waals surface area contributed by atoms with Crippen molar-refractivity contribution in [2.75, 3.05) is 19.6 Å². The first-order valence-corrected chi connectivity index (χ1v) is 7.89. The fourth-order valence-corrected chi connectivity index (χ4v) is 2.45. The van der Waals surface area contributed by atoms with Gasteiger partial charge in [0.15, 0.2) is 0 Å². The van der Waals surface area contributed by atoms with Gasteiger partial charge in [0.2, 0.25) is 0 Å². The Morgan fingerprint density at radius 1 is 0.857 bits per heavy atom. The lowest BCUT2D eigenvalue weighted by Gasteiger charge is -2.20. The van der Waals surface area contributed by atoms with E-state index in [1.54, 1.807) is 0 Å². The highest BCUT2D eigenvalue weighted by Gasteiger charge is 2.02.